The molecule has 466 valence electrons. The molecule has 0 aliphatic heterocycles. The van der Waals surface area contributed by atoms with Gasteiger partial charge in [0.15, 0.2) is 0 Å². The van der Waals surface area contributed by atoms with Crippen molar-refractivity contribution >= 4 is 130 Å². The summed E-state index contributed by atoms with van der Waals surface area (Å²) in [5, 5.41) is 24.2. The Labute approximate surface area is 577 Å². The first-order valence-corrected chi connectivity index (χ1v) is 35.1. The number of para-hydroxylation sites is 2. The highest BCUT2D eigenvalue weighted by atomic mass is 16.3. The summed E-state index contributed by atoms with van der Waals surface area (Å²) in [7, 11) is 0. The van der Waals surface area contributed by atoms with Gasteiger partial charge in [0.2, 0.25) is 0 Å². The third kappa shape index (κ3) is 7.42. The third-order valence-corrected chi connectivity index (χ3v) is 23.4. The lowest BCUT2D eigenvalue weighted by molar-refractivity contribution is 0.660. The largest absolute Gasteiger partial charge is 0.455 e. The van der Waals surface area contributed by atoms with Crippen LogP contribution in [0.1, 0.15) is 49.9 Å². The second kappa shape index (κ2) is 20.1. The molecule has 2 aromatic heterocycles. The first-order valence-electron chi connectivity index (χ1n) is 35.1. The summed E-state index contributed by atoms with van der Waals surface area (Å²) in [6.45, 7) is 9.64. The standard InChI is InChI=1S/C98H62O2/c1-97(2)80-51-46-57-52-79(96-94(78-34-16-18-41-85(78)100-96)88(57)92(80)76-48-43-58(53-82(76)97)86-67-26-7-11-30-71(67)90(72-31-12-8-27-68(72)86)65-38-19-23-55-22-5-6-24-60(55)65)63-37-20-36-62-61(63)35-21-39-66(62)91-73-32-13-9-28-69(73)87(70-29-10-14-33-74(70)91)59-44-49-77-83(54-59)98(3,4)81-50-45-56-42-47-75-64-25-15-17-40-84(64)99-95(75)89(56)93(77)81/h5-54H,1-4H3. The van der Waals surface area contributed by atoms with E-state index < -0.39 is 0 Å². The highest BCUT2D eigenvalue weighted by molar-refractivity contribution is 6.30. The monoisotopic (exact) mass is 1270 g/mol. The van der Waals surface area contributed by atoms with E-state index in [0.29, 0.717) is 0 Å². The fraction of sp³-hybridized carbons (Fsp3) is 0.0612. The third-order valence-electron chi connectivity index (χ3n) is 23.4. The second-order valence-corrected chi connectivity index (χ2v) is 29.1. The van der Waals surface area contributed by atoms with Gasteiger partial charge in [-0.3, -0.25) is 0 Å². The van der Waals surface area contributed by atoms with Crippen molar-refractivity contribution in [2.24, 2.45) is 0 Å². The minimum atomic E-state index is -0.308. The zero-order valence-electron chi connectivity index (χ0n) is 55.7. The van der Waals surface area contributed by atoms with Crippen molar-refractivity contribution in [3.05, 3.63) is 326 Å². The molecule has 0 amide bonds. The SMILES string of the molecule is CC1(C)c2cc(-c3c4ccccc4c(-c4cccc5c(-c6cc7ccc8c(c7c7c6oc6ccccc67)-c6ccc(-c7c9ccccc9c(-c9cccc%10ccccc9%10)c9ccccc79)cc6C8(C)C)cccc45)c4ccccc34)ccc2-c2c1ccc1ccc3c4ccccc4oc3c21. The molecule has 2 heterocycles. The average Bonchev–Trinajstić information content (AvgIpc) is 1.74. The molecule has 100 heavy (non-hydrogen) atoms. The summed E-state index contributed by atoms with van der Waals surface area (Å²) in [6.07, 6.45) is 0. The Hall–Kier alpha value is -12.4. The Balaban J connectivity index is 0.706. The number of benzene rings is 18. The Morgan fingerprint density at radius 2 is 0.600 bits per heavy atom. The number of fused-ring (bicyclic) bond motifs is 24. The predicted molar refractivity (Wildman–Crippen MR) is 423 cm³/mol. The molecule has 0 radical (unpaired) electrons. The van der Waals surface area contributed by atoms with Crippen LogP contribution in [0.4, 0.5) is 0 Å². The number of furan rings is 2. The second-order valence-electron chi connectivity index (χ2n) is 29.1. The lowest BCUT2D eigenvalue weighted by Crippen LogP contribution is -2.15. The summed E-state index contributed by atoms with van der Waals surface area (Å²) >= 11 is 0. The molecule has 0 fully saturated rings. The van der Waals surface area contributed by atoms with E-state index in [-0.39, 0.29) is 10.8 Å². The Morgan fingerprint density at radius 3 is 1.17 bits per heavy atom. The molecular formula is C98H62O2. The van der Waals surface area contributed by atoms with Gasteiger partial charge in [-0.2, -0.15) is 0 Å². The van der Waals surface area contributed by atoms with E-state index in [0.717, 1.165) is 55.0 Å². The van der Waals surface area contributed by atoms with Gasteiger partial charge in [0.25, 0.3) is 0 Å². The highest BCUT2D eigenvalue weighted by Gasteiger charge is 2.40. The minimum Gasteiger partial charge on any atom is -0.455 e. The van der Waals surface area contributed by atoms with Crippen LogP contribution in [-0.4, -0.2) is 0 Å². The molecule has 0 bridgehead atoms. The fourth-order valence-corrected chi connectivity index (χ4v) is 18.9. The van der Waals surface area contributed by atoms with E-state index in [9.17, 15) is 0 Å². The first-order chi connectivity index (χ1) is 49.2. The van der Waals surface area contributed by atoms with E-state index in [2.05, 4.69) is 331 Å². The fourth-order valence-electron chi connectivity index (χ4n) is 18.9. The molecule has 22 rings (SSSR count). The highest BCUT2D eigenvalue weighted by Crippen LogP contribution is 2.59. The van der Waals surface area contributed by atoms with Crippen molar-refractivity contribution in [1.29, 1.82) is 0 Å². The van der Waals surface area contributed by atoms with E-state index in [1.54, 1.807) is 0 Å². The van der Waals surface area contributed by atoms with E-state index in [4.69, 9.17) is 8.83 Å². The van der Waals surface area contributed by atoms with Gasteiger partial charge in [0.1, 0.15) is 22.3 Å². The smallest absolute Gasteiger partial charge is 0.143 e. The quantitative estimate of drug-likeness (QED) is 0.161. The number of hydrogen-bond donors (Lipinski definition) is 0. The molecule has 2 nitrogen and oxygen atoms in total. The Morgan fingerprint density at radius 1 is 0.200 bits per heavy atom. The molecule has 2 aliphatic rings. The van der Waals surface area contributed by atoms with Crippen LogP contribution in [0.2, 0.25) is 0 Å². The van der Waals surface area contributed by atoms with Gasteiger partial charge >= 0.3 is 0 Å². The number of hydrogen-bond acceptors (Lipinski definition) is 2. The van der Waals surface area contributed by atoms with Gasteiger partial charge in [-0.1, -0.05) is 295 Å². The summed E-state index contributed by atoms with van der Waals surface area (Å²) in [4.78, 5) is 0. The van der Waals surface area contributed by atoms with Crippen molar-refractivity contribution in [2.75, 3.05) is 0 Å². The number of rotatable bonds is 5. The van der Waals surface area contributed by atoms with Crippen LogP contribution in [0, 0.1) is 0 Å². The summed E-state index contributed by atoms with van der Waals surface area (Å²) in [5.41, 5.74) is 25.7. The Kier molecular flexibility index (Phi) is 11.2. The van der Waals surface area contributed by atoms with Crippen LogP contribution in [0.15, 0.2) is 312 Å². The molecule has 0 spiro atoms. The average molecular weight is 1270 g/mol. The maximum Gasteiger partial charge on any atom is 0.143 e. The summed E-state index contributed by atoms with van der Waals surface area (Å²) in [5.74, 6) is 0. The van der Waals surface area contributed by atoms with Gasteiger partial charge in [-0.05, 0) is 206 Å². The summed E-state index contributed by atoms with van der Waals surface area (Å²) < 4.78 is 14.1. The predicted octanol–water partition coefficient (Wildman–Crippen LogP) is 27.7. The molecule has 0 N–H and O–H groups in total. The normalized spacial score (nSPS) is 13.8. The molecule has 0 saturated carbocycles. The van der Waals surface area contributed by atoms with Crippen LogP contribution < -0.4 is 0 Å². The lowest BCUT2D eigenvalue weighted by Gasteiger charge is -2.23. The van der Waals surface area contributed by atoms with Crippen LogP contribution in [0.3, 0.4) is 0 Å². The van der Waals surface area contributed by atoms with Crippen molar-refractivity contribution in [1.82, 2.24) is 0 Å². The first kappa shape index (κ1) is 55.7. The van der Waals surface area contributed by atoms with E-state index in [1.165, 1.54) is 175 Å². The molecule has 0 atom stereocenters. The van der Waals surface area contributed by atoms with Gasteiger partial charge < -0.3 is 8.83 Å². The molecule has 2 aliphatic carbocycles. The molecule has 0 unspecified atom stereocenters. The molecule has 18 aromatic carbocycles. The zero-order chi connectivity index (χ0) is 66.0. The van der Waals surface area contributed by atoms with Crippen LogP contribution in [0.5, 0.6) is 0 Å². The lowest BCUT2D eigenvalue weighted by atomic mass is 9.80. The maximum atomic E-state index is 7.31. The van der Waals surface area contributed by atoms with E-state index in [1.807, 2.05) is 0 Å². The van der Waals surface area contributed by atoms with Gasteiger partial charge in [-0.25, -0.2) is 0 Å². The summed E-state index contributed by atoms with van der Waals surface area (Å²) in [6, 6.07) is 114. The van der Waals surface area contributed by atoms with Crippen LogP contribution in [-0.2, 0) is 10.8 Å². The Bertz CT molecular complexity index is 6960. The van der Waals surface area contributed by atoms with Crippen molar-refractivity contribution in [2.45, 2.75) is 38.5 Å². The zero-order valence-corrected chi connectivity index (χ0v) is 55.7. The van der Waals surface area contributed by atoms with Crippen molar-refractivity contribution < 1.29 is 8.83 Å². The van der Waals surface area contributed by atoms with Gasteiger partial charge in [0.05, 0.1) is 0 Å². The van der Waals surface area contributed by atoms with E-state index >= 15 is 0 Å². The van der Waals surface area contributed by atoms with Crippen LogP contribution in [0.25, 0.3) is 208 Å². The van der Waals surface area contributed by atoms with Crippen molar-refractivity contribution in [3.63, 3.8) is 0 Å². The topological polar surface area (TPSA) is 26.3 Å². The minimum absolute atomic E-state index is 0.261. The maximum absolute atomic E-state index is 7.31. The van der Waals surface area contributed by atoms with Crippen molar-refractivity contribution in [3.8, 4) is 77.9 Å². The molecule has 0 saturated heterocycles. The molecule has 20 aromatic rings. The molecular weight excluding hydrogens is 1210 g/mol. The van der Waals surface area contributed by atoms with Gasteiger partial charge in [-0.15, -0.1) is 0 Å². The van der Waals surface area contributed by atoms with Crippen LogP contribution >= 0.6 is 0 Å². The van der Waals surface area contributed by atoms with Gasteiger partial charge in [0, 0.05) is 48.7 Å². The molecule has 2 heteroatoms.